The van der Waals surface area contributed by atoms with E-state index in [1.807, 2.05) is 0 Å². The first-order valence-electron chi connectivity index (χ1n) is 2.45. The molecule has 0 N–H and O–H groups in total. The van der Waals surface area contributed by atoms with E-state index in [2.05, 4.69) is 9.47 Å². The van der Waals surface area contributed by atoms with Gasteiger partial charge >= 0.3 is 0 Å². The summed E-state index contributed by atoms with van der Waals surface area (Å²) in [6, 6.07) is 5.81. The zero-order valence-corrected chi connectivity index (χ0v) is 5.83. The molecule has 48 valence electrons. The smallest absolute Gasteiger partial charge is 0.123 e. The van der Waals surface area contributed by atoms with Gasteiger partial charge in [0, 0.05) is 0 Å². The highest BCUT2D eigenvalue weighted by atomic mass is 31.0. The molecule has 1 aromatic carbocycles. The minimum Gasteiger partial charge on any atom is -0.480 e. The predicted molar refractivity (Wildman–Crippen MR) is 36.7 cm³/mol. The zero-order chi connectivity index (χ0) is 6.69. The van der Waals surface area contributed by atoms with E-state index in [9.17, 15) is 4.39 Å². The van der Waals surface area contributed by atoms with E-state index in [-0.39, 0.29) is 5.82 Å². The summed E-state index contributed by atoms with van der Waals surface area (Å²) in [6.45, 7) is 0. The lowest BCUT2D eigenvalue weighted by Gasteiger charge is -1.95. The van der Waals surface area contributed by atoms with Gasteiger partial charge in [0.15, 0.2) is 0 Å². The molecule has 0 aromatic heterocycles. The van der Waals surface area contributed by atoms with Gasteiger partial charge in [-0.2, -0.15) is 0 Å². The Morgan fingerprint density at radius 2 is 1.78 bits per heavy atom. The van der Waals surface area contributed by atoms with Crippen LogP contribution in [-0.4, -0.2) is 0 Å². The third-order valence-electron chi connectivity index (χ3n) is 0.950. The highest BCUT2D eigenvalue weighted by Gasteiger charge is 1.88. The van der Waals surface area contributed by atoms with Gasteiger partial charge in [-0.25, -0.2) is 4.39 Å². The van der Waals surface area contributed by atoms with Crippen LogP contribution in [-0.2, 0) is 0 Å². The SMILES string of the molecule is Fc1ccc(OP)cc1. The molecular weight excluding hydrogens is 138 g/mol. The fraction of sp³-hybridized carbons (Fsp3) is 0. The Labute approximate surface area is 55.1 Å². The second-order valence-corrected chi connectivity index (χ2v) is 1.81. The molecule has 3 heteroatoms. The minimum atomic E-state index is -0.249. The summed E-state index contributed by atoms with van der Waals surface area (Å²) in [6.07, 6.45) is 0. The van der Waals surface area contributed by atoms with E-state index >= 15 is 0 Å². The molecule has 9 heavy (non-hydrogen) atoms. The molecule has 1 atom stereocenters. The van der Waals surface area contributed by atoms with Crippen molar-refractivity contribution >= 4 is 9.47 Å². The van der Waals surface area contributed by atoms with Crippen molar-refractivity contribution in [3.8, 4) is 5.75 Å². The molecule has 0 amide bonds. The topological polar surface area (TPSA) is 9.23 Å². The van der Waals surface area contributed by atoms with E-state index < -0.39 is 0 Å². The van der Waals surface area contributed by atoms with Crippen LogP contribution in [0.15, 0.2) is 24.3 Å². The molecule has 1 rings (SSSR count). The average Bonchev–Trinajstić information content (AvgIpc) is 1.90. The lowest BCUT2D eigenvalue weighted by Crippen LogP contribution is -1.73. The molecule has 0 saturated heterocycles. The van der Waals surface area contributed by atoms with E-state index in [0.717, 1.165) is 0 Å². The van der Waals surface area contributed by atoms with Crippen LogP contribution in [0.5, 0.6) is 5.75 Å². The second kappa shape index (κ2) is 2.79. The molecule has 0 aliphatic carbocycles. The van der Waals surface area contributed by atoms with Gasteiger partial charge in [0.25, 0.3) is 0 Å². The molecule has 1 nitrogen and oxygen atoms in total. The third-order valence-corrected chi connectivity index (χ3v) is 1.22. The van der Waals surface area contributed by atoms with E-state index in [0.29, 0.717) is 5.75 Å². The number of benzene rings is 1. The summed E-state index contributed by atoms with van der Waals surface area (Å²) in [7, 11) is 2.09. The molecule has 0 aliphatic rings. The Hall–Kier alpha value is -0.620. The van der Waals surface area contributed by atoms with E-state index in [1.165, 1.54) is 12.1 Å². The predicted octanol–water partition coefficient (Wildman–Crippen LogP) is 1.99. The maximum atomic E-state index is 12.2. The van der Waals surface area contributed by atoms with E-state index in [1.54, 1.807) is 12.1 Å². The number of rotatable bonds is 1. The van der Waals surface area contributed by atoms with Crippen molar-refractivity contribution in [2.24, 2.45) is 0 Å². The molecule has 0 bridgehead atoms. The normalized spacial score (nSPS) is 9.11. The fourth-order valence-electron chi connectivity index (χ4n) is 0.513. The first kappa shape index (κ1) is 6.50. The van der Waals surface area contributed by atoms with Crippen molar-refractivity contribution in [1.29, 1.82) is 0 Å². The van der Waals surface area contributed by atoms with Gasteiger partial charge in [0.1, 0.15) is 11.6 Å². The quantitative estimate of drug-likeness (QED) is 0.547. The van der Waals surface area contributed by atoms with Crippen LogP contribution >= 0.6 is 9.47 Å². The lowest BCUT2D eigenvalue weighted by atomic mass is 10.3. The first-order chi connectivity index (χ1) is 4.33. The molecule has 0 saturated carbocycles. The Morgan fingerprint density at radius 3 is 2.22 bits per heavy atom. The van der Waals surface area contributed by atoms with Crippen LogP contribution in [0.1, 0.15) is 0 Å². The fourth-order valence-corrected chi connectivity index (χ4v) is 0.670. The maximum Gasteiger partial charge on any atom is 0.123 e. The van der Waals surface area contributed by atoms with Crippen molar-refractivity contribution < 1.29 is 8.91 Å². The van der Waals surface area contributed by atoms with E-state index in [4.69, 9.17) is 4.52 Å². The van der Waals surface area contributed by atoms with Gasteiger partial charge < -0.3 is 4.52 Å². The van der Waals surface area contributed by atoms with Crippen LogP contribution in [0.4, 0.5) is 4.39 Å². The lowest BCUT2D eigenvalue weighted by molar-refractivity contribution is 0.612. The largest absolute Gasteiger partial charge is 0.480 e. The highest BCUT2D eigenvalue weighted by Crippen LogP contribution is 2.12. The standard InChI is InChI=1S/C6H6FOP/c7-5-1-3-6(8-9)4-2-5/h1-4H,9H2. The van der Waals surface area contributed by atoms with Gasteiger partial charge in [0.05, 0.1) is 9.47 Å². The van der Waals surface area contributed by atoms with Crippen LogP contribution in [0, 0.1) is 5.82 Å². The molecule has 0 radical (unpaired) electrons. The second-order valence-electron chi connectivity index (χ2n) is 1.57. The Balaban J connectivity index is 2.88. The van der Waals surface area contributed by atoms with Crippen LogP contribution < -0.4 is 4.52 Å². The van der Waals surface area contributed by atoms with Crippen molar-refractivity contribution in [2.75, 3.05) is 0 Å². The number of halogens is 1. The van der Waals surface area contributed by atoms with Crippen molar-refractivity contribution in [1.82, 2.24) is 0 Å². The molecule has 1 unspecified atom stereocenters. The highest BCUT2D eigenvalue weighted by molar-refractivity contribution is 7.10. The average molecular weight is 144 g/mol. The first-order valence-corrected chi connectivity index (χ1v) is 2.92. The Bertz CT molecular complexity index is 185. The summed E-state index contributed by atoms with van der Waals surface area (Å²) in [5.41, 5.74) is 0. The molecule has 0 fully saturated rings. The van der Waals surface area contributed by atoms with Crippen LogP contribution in [0.2, 0.25) is 0 Å². The molecule has 0 spiro atoms. The van der Waals surface area contributed by atoms with Gasteiger partial charge in [-0.05, 0) is 24.3 Å². The van der Waals surface area contributed by atoms with Gasteiger partial charge in [0.2, 0.25) is 0 Å². The number of hydrogen-bond donors (Lipinski definition) is 0. The maximum absolute atomic E-state index is 12.2. The van der Waals surface area contributed by atoms with Crippen LogP contribution in [0.3, 0.4) is 0 Å². The van der Waals surface area contributed by atoms with Crippen molar-refractivity contribution in [3.63, 3.8) is 0 Å². The molecule has 0 heterocycles. The Morgan fingerprint density at radius 1 is 1.22 bits per heavy atom. The van der Waals surface area contributed by atoms with Gasteiger partial charge in [-0.15, -0.1) is 0 Å². The third kappa shape index (κ3) is 1.65. The Kier molecular flexibility index (Phi) is 2.01. The summed E-state index contributed by atoms with van der Waals surface area (Å²) in [5, 5.41) is 0. The molecule has 0 aliphatic heterocycles. The summed E-state index contributed by atoms with van der Waals surface area (Å²) in [4.78, 5) is 0. The van der Waals surface area contributed by atoms with Crippen molar-refractivity contribution in [2.45, 2.75) is 0 Å². The summed E-state index contributed by atoms with van der Waals surface area (Å²) < 4.78 is 16.9. The zero-order valence-electron chi connectivity index (χ0n) is 4.67. The molecule has 1 aromatic rings. The monoisotopic (exact) mass is 144 g/mol. The minimum absolute atomic E-state index is 0.249. The summed E-state index contributed by atoms with van der Waals surface area (Å²) >= 11 is 0. The van der Waals surface area contributed by atoms with Gasteiger partial charge in [-0.1, -0.05) is 0 Å². The number of hydrogen-bond acceptors (Lipinski definition) is 1. The van der Waals surface area contributed by atoms with Gasteiger partial charge in [-0.3, -0.25) is 0 Å². The van der Waals surface area contributed by atoms with Crippen LogP contribution in [0.25, 0.3) is 0 Å². The van der Waals surface area contributed by atoms with Crippen molar-refractivity contribution in [3.05, 3.63) is 30.1 Å². The summed E-state index contributed by atoms with van der Waals surface area (Å²) in [5.74, 6) is 0.391. The molecular formula is C6H6FOP.